The number of carbonyl (C=O) groups is 1. The number of hydrogen-bond donors (Lipinski definition) is 0. The summed E-state index contributed by atoms with van der Waals surface area (Å²) in [6.45, 7) is 2.26. The van der Waals surface area contributed by atoms with E-state index in [1.807, 2.05) is 19.1 Å². The van der Waals surface area contributed by atoms with Crippen LogP contribution in [-0.2, 0) is 22.4 Å². The molecule has 2 aliphatic rings. The molecule has 0 radical (unpaired) electrons. The lowest BCUT2D eigenvalue weighted by Gasteiger charge is -2.09. The number of carbonyl (C=O) groups excluding carboxylic acids is 1. The number of hydrogen-bond acceptors (Lipinski definition) is 2. The Hall–Kier alpha value is -2.61. The molecule has 2 aliphatic carbocycles. The number of ether oxygens (including phenoxy) is 1. The molecule has 2 aromatic carbocycles. The predicted molar refractivity (Wildman–Crippen MR) is 91.8 cm³/mol. The molecule has 0 saturated heterocycles. The molecular formula is C21H18O2. The van der Waals surface area contributed by atoms with E-state index in [2.05, 4.69) is 42.5 Å². The van der Waals surface area contributed by atoms with Crippen molar-refractivity contribution in [3.8, 4) is 0 Å². The van der Waals surface area contributed by atoms with Gasteiger partial charge in [-0.2, -0.15) is 0 Å². The molecule has 23 heavy (non-hydrogen) atoms. The molecule has 2 nitrogen and oxygen atoms in total. The number of benzene rings is 2. The van der Waals surface area contributed by atoms with E-state index in [4.69, 9.17) is 4.74 Å². The first-order valence-corrected chi connectivity index (χ1v) is 8.05. The maximum Gasteiger partial charge on any atom is 0.334 e. The fraction of sp³-hybridized carbons (Fsp3) is 0.190. The molecular weight excluding hydrogens is 284 g/mol. The fourth-order valence-corrected chi connectivity index (χ4v) is 3.56. The minimum Gasteiger partial charge on any atom is -0.463 e. The van der Waals surface area contributed by atoms with Crippen molar-refractivity contribution in [1.82, 2.24) is 0 Å². The maximum absolute atomic E-state index is 12.4. The van der Waals surface area contributed by atoms with Gasteiger partial charge in [0.05, 0.1) is 6.61 Å². The van der Waals surface area contributed by atoms with Gasteiger partial charge in [-0.1, -0.05) is 54.6 Å². The molecule has 0 atom stereocenters. The van der Waals surface area contributed by atoms with Crippen LogP contribution >= 0.6 is 0 Å². The van der Waals surface area contributed by atoms with E-state index in [9.17, 15) is 4.79 Å². The maximum atomic E-state index is 12.4. The van der Waals surface area contributed by atoms with Crippen molar-refractivity contribution < 1.29 is 9.53 Å². The van der Waals surface area contributed by atoms with Gasteiger partial charge in [-0.05, 0) is 46.7 Å². The molecule has 0 fully saturated rings. The average molecular weight is 302 g/mol. The van der Waals surface area contributed by atoms with E-state index >= 15 is 0 Å². The minimum atomic E-state index is -0.185. The van der Waals surface area contributed by atoms with Gasteiger partial charge in [0.15, 0.2) is 0 Å². The zero-order valence-corrected chi connectivity index (χ0v) is 13.1. The highest BCUT2D eigenvalue weighted by atomic mass is 16.5. The molecule has 2 heteroatoms. The van der Waals surface area contributed by atoms with Crippen molar-refractivity contribution in [2.75, 3.05) is 6.61 Å². The summed E-state index contributed by atoms with van der Waals surface area (Å²) < 4.78 is 5.30. The van der Waals surface area contributed by atoms with E-state index in [0.29, 0.717) is 13.0 Å². The van der Waals surface area contributed by atoms with Crippen LogP contribution in [0.5, 0.6) is 0 Å². The molecule has 0 heterocycles. The highest BCUT2D eigenvalue weighted by molar-refractivity contribution is 6.07. The van der Waals surface area contributed by atoms with E-state index in [1.54, 1.807) is 0 Å². The zero-order valence-electron chi connectivity index (χ0n) is 13.1. The topological polar surface area (TPSA) is 26.3 Å². The van der Waals surface area contributed by atoms with Crippen molar-refractivity contribution in [2.24, 2.45) is 0 Å². The SMILES string of the molecule is CCOC(=O)C1=C(C2=Cc3ccccc3C2)c2ccccc2C1. The van der Waals surface area contributed by atoms with Gasteiger partial charge in [-0.25, -0.2) is 4.79 Å². The molecule has 2 aromatic rings. The Morgan fingerprint density at radius 3 is 2.52 bits per heavy atom. The standard InChI is InChI=1S/C21H18O2/c1-2-23-21(22)19-13-16-9-5-6-10-18(16)20(19)17-11-14-7-3-4-8-15(14)12-17/h3-11H,2,12-13H2,1H3. The van der Waals surface area contributed by atoms with Crippen LogP contribution in [0.3, 0.4) is 0 Å². The van der Waals surface area contributed by atoms with E-state index in [-0.39, 0.29) is 5.97 Å². The van der Waals surface area contributed by atoms with Crippen LogP contribution in [-0.4, -0.2) is 12.6 Å². The van der Waals surface area contributed by atoms with Crippen LogP contribution in [0.15, 0.2) is 59.7 Å². The van der Waals surface area contributed by atoms with Crippen LogP contribution in [0, 0.1) is 0 Å². The largest absolute Gasteiger partial charge is 0.463 e. The molecule has 114 valence electrons. The Kier molecular flexibility index (Phi) is 3.38. The van der Waals surface area contributed by atoms with Crippen molar-refractivity contribution in [1.29, 1.82) is 0 Å². The van der Waals surface area contributed by atoms with Gasteiger partial charge in [0.2, 0.25) is 0 Å². The molecule has 0 N–H and O–H groups in total. The van der Waals surface area contributed by atoms with Crippen LogP contribution in [0.25, 0.3) is 11.6 Å². The van der Waals surface area contributed by atoms with E-state index < -0.39 is 0 Å². The number of fused-ring (bicyclic) bond motifs is 2. The van der Waals surface area contributed by atoms with Crippen molar-refractivity contribution in [3.63, 3.8) is 0 Å². The summed E-state index contributed by atoms with van der Waals surface area (Å²) in [7, 11) is 0. The molecule has 0 spiro atoms. The van der Waals surface area contributed by atoms with Crippen LogP contribution in [0.4, 0.5) is 0 Å². The van der Waals surface area contributed by atoms with Crippen molar-refractivity contribution >= 4 is 17.6 Å². The summed E-state index contributed by atoms with van der Waals surface area (Å²) >= 11 is 0. The molecule has 0 aliphatic heterocycles. The molecule has 4 rings (SSSR count). The summed E-state index contributed by atoms with van der Waals surface area (Å²) in [6, 6.07) is 16.7. The number of rotatable bonds is 3. The van der Waals surface area contributed by atoms with Crippen molar-refractivity contribution in [2.45, 2.75) is 19.8 Å². The fourth-order valence-electron chi connectivity index (χ4n) is 3.56. The van der Waals surface area contributed by atoms with E-state index in [0.717, 1.165) is 17.6 Å². The second-order valence-electron chi connectivity index (χ2n) is 5.95. The smallest absolute Gasteiger partial charge is 0.334 e. The lowest BCUT2D eigenvalue weighted by Crippen LogP contribution is -2.09. The highest BCUT2D eigenvalue weighted by Crippen LogP contribution is 2.42. The summed E-state index contributed by atoms with van der Waals surface area (Å²) in [4.78, 5) is 12.4. The summed E-state index contributed by atoms with van der Waals surface area (Å²) in [5.74, 6) is -0.185. The second-order valence-corrected chi connectivity index (χ2v) is 5.95. The first kappa shape index (κ1) is 14.0. The number of allylic oxidation sites excluding steroid dienone is 2. The normalized spacial score (nSPS) is 15.3. The average Bonchev–Trinajstić information content (AvgIpc) is 3.15. The molecule has 0 saturated carbocycles. The first-order valence-electron chi connectivity index (χ1n) is 8.05. The van der Waals surface area contributed by atoms with Crippen LogP contribution < -0.4 is 0 Å². The Morgan fingerprint density at radius 2 is 1.74 bits per heavy atom. The third kappa shape index (κ3) is 2.31. The van der Waals surface area contributed by atoms with Gasteiger partial charge in [-0.3, -0.25) is 0 Å². The second kappa shape index (κ2) is 5.54. The van der Waals surface area contributed by atoms with E-state index in [1.165, 1.54) is 27.8 Å². The third-order valence-electron chi connectivity index (χ3n) is 4.56. The van der Waals surface area contributed by atoms with Gasteiger partial charge in [0, 0.05) is 12.0 Å². The first-order chi connectivity index (χ1) is 11.3. The highest BCUT2D eigenvalue weighted by Gasteiger charge is 2.30. The monoisotopic (exact) mass is 302 g/mol. The van der Waals surface area contributed by atoms with Gasteiger partial charge >= 0.3 is 5.97 Å². The van der Waals surface area contributed by atoms with Crippen molar-refractivity contribution in [3.05, 3.63) is 81.9 Å². The van der Waals surface area contributed by atoms with Gasteiger partial charge in [0.25, 0.3) is 0 Å². The van der Waals surface area contributed by atoms with Crippen LogP contribution in [0.1, 0.15) is 29.2 Å². The zero-order chi connectivity index (χ0) is 15.8. The number of esters is 1. The quantitative estimate of drug-likeness (QED) is 0.794. The third-order valence-corrected chi connectivity index (χ3v) is 4.56. The van der Waals surface area contributed by atoms with Crippen LogP contribution in [0.2, 0.25) is 0 Å². The minimum absolute atomic E-state index is 0.185. The Bertz CT molecular complexity index is 856. The predicted octanol–water partition coefficient (Wildman–Crippen LogP) is 4.20. The molecule has 0 amide bonds. The van der Waals surface area contributed by atoms with Gasteiger partial charge < -0.3 is 4.74 Å². The van der Waals surface area contributed by atoms with Gasteiger partial charge in [-0.15, -0.1) is 0 Å². The Morgan fingerprint density at radius 1 is 1.00 bits per heavy atom. The molecule has 0 unspecified atom stereocenters. The molecule has 0 bridgehead atoms. The summed E-state index contributed by atoms with van der Waals surface area (Å²) in [6.07, 6.45) is 3.76. The lowest BCUT2D eigenvalue weighted by molar-refractivity contribution is -0.138. The van der Waals surface area contributed by atoms with Gasteiger partial charge in [0.1, 0.15) is 0 Å². The summed E-state index contributed by atoms with van der Waals surface area (Å²) in [5, 5.41) is 0. The summed E-state index contributed by atoms with van der Waals surface area (Å²) in [5.41, 5.74) is 8.06. The Balaban J connectivity index is 1.82. The Labute approximate surface area is 136 Å². The molecule has 0 aromatic heterocycles. The lowest BCUT2D eigenvalue weighted by atomic mass is 9.96.